The summed E-state index contributed by atoms with van der Waals surface area (Å²) in [5.41, 5.74) is 8.97. The summed E-state index contributed by atoms with van der Waals surface area (Å²) < 4.78 is 11.5. The van der Waals surface area contributed by atoms with Crippen molar-refractivity contribution in [3.63, 3.8) is 0 Å². The van der Waals surface area contributed by atoms with Crippen molar-refractivity contribution in [3.8, 4) is 0 Å². The van der Waals surface area contributed by atoms with Crippen LogP contribution in [0.1, 0.15) is 55.9 Å². The van der Waals surface area contributed by atoms with Gasteiger partial charge in [-0.2, -0.15) is 0 Å². The number of nitrogens with two attached hydrogens (primary N) is 1. The second kappa shape index (κ2) is 7.80. The van der Waals surface area contributed by atoms with Gasteiger partial charge in [0.05, 0.1) is 18.2 Å². The van der Waals surface area contributed by atoms with E-state index in [2.05, 4.69) is 20.8 Å². The highest BCUT2D eigenvalue weighted by molar-refractivity contribution is 6.00. The van der Waals surface area contributed by atoms with Gasteiger partial charge in [0.15, 0.2) is 0 Å². The molecule has 1 aliphatic rings. The van der Waals surface area contributed by atoms with Crippen LogP contribution in [0.3, 0.4) is 0 Å². The van der Waals surface area contributed by atoms with E-state index >= 15 is 0 Å². The molecule has 0 atom stereocenters. The second-order valence-corrected chi connectivity index (χ2v) is 9.88. The van der Waals surface area contributed by atoms with Crippen LogP contribution in [-0.2, 0) is 21.4 Å². The molecule has 3 heterocycles. The highest BCUT2D eigenvalue weighted by Crippen LogP contribution is 2.37. The van der Waals surface area contributed by atoms with Crippen molar-refractivity contribution in [2.45, 2.75) is 59.3 Å². The Morgan fingerprint density at radius 2 is 1.75 bits per heavy atom. The SMILES string of the molecule is Cc1c(CC(=O)N2CCC(C(N)=O)CC2)c(=O)oc2c(C)c3occ(C(C)(C)C)c3cc12. The monoisotopic (exact) mass is 438 g/mol. The maximum absolute atomic E-state index is 12.9. The van der Waals surface area contributed by atoms with E-state index < -0.39 is 5.63 Å². The molecule has 0 aliphatic carbocycles. The van der Waals surface area contributed by atoms with Crippen LogP contribution in [0.2, 0.25) is 0 Å². The number of benzene rings is 1. The topological polar surface area (TPSA) is 107 Å². The van der Waals surface area contributed by atoms with Gasteiger partial charge >= 0.3 is 5.63 Å². The van der Waals surface area contributed by atoms with E-state index in [0.29, 0.717) is 42.7 Å². The number of fused-ring (bicyclic) bond motifs is 2. The third kappa shape index (κ3) is 3.70. The number of hydrogen-bond donors (Lipinski definition) is 1. The molecule has 0 saturated carbocycles. The molecule has 7 nitrogen and oxygen atoms in total. The van der Waals surface area contributed by atoms with Crippen molar-refractivity contribution in [1.29, 1.82) is 0 Å². The van der Waals surface area contributed by atoms with Crippen molar-refractivity contribution >= 4 is 33.8 Å². The van der Waals surface area contributed by atoms with E-state index in [4.69, 9.17) is 14.6 Å². The minimum absolute atomic E-state index is 0.0278. The predicted octanol–water partition coefficient (Wildman–Crippen LogP) is 3.72. The number of likely N-dealkylation sites (tertiary alicyclic amines) is 1. The number of amides is 2. The standard InChI is InChI=1S/C25H30N2O5/c1-13-16-10-18-19(25(3,4)5)12-31-21(18)14(2)22(16)32-24(30)17(13)11-20(28)27-8-6-15(7-9-27)23(26)29/h10,12,15H,6-9,11H2,1-5H3,(H2,26,29). The zero-order valence-corrected chi connectivity index (χ0v) is 19.3. The molecule has 1 aliphatic heterocycles. The predicted molar refractivity (Wildman–Crippen MR) is 123 cm³/mol. The zero-order valence-electron chi connectivity index (χ0n) is 19.3. The molecule has 3 aromatic rings. The van der Waals surface area contributed by atoms with Crippen molar-refractivity contribution < 1.29 is 18.4 Å². The Morgan fingerprint density at radius 3 is 2.34 bits per heavy atom. The van der Waals surface area contributed by atoms with Gasteiger partial charge in [0, 0.05) is 40.9 Å². The molecule has 2 N–H and O–H groups in total. The van der Waals surface area contributed by atoms with Crippen LogP contribution in [0.15, 0.2) is 26.0 Å². The molecule has 1 aromatic carbocycles. The van der Waals surface area contributed by atoms with E-state index in [9.17, 15) is 14.4 Å². The van der Waals surface area contributed by atoms with Crippen LogP contribution in [0.4, 0.5) is 0 Å². The highest BCUT2D eigenvalue weighted by atomic mass is 16.4. The van der Waals surface area contributed by atoms with E-state index in [1.165, 1.54) is 0 Å². The summed E-state index contributed by atoms with van der Waals surface area (Å²) in [5.74, 6) is -0.651. The Hall–Kier alpha value is -3.09. The lowest BCUT2D eigenvalue weighted by molar-refractivity contribution is -0.134. The molecular formula is C25H30N2O5. The fraction of sp³-hybridized carbons (Fsp3) is 0.480. The number of furan rings is 1. The quantitative estimate of drug-likeness (QED) is 0.627. The Kier molecular flexibility index (Phi) is 5.39. The Balaban J connectivity index is 1.73. The van der Waals surface area contributed by atoms with Gasteiger partial charge < -0.3 is 19.5 Å². The number of piperidine rings is 1. The first-order valence-electron chi connectivity index (χ1n) is 11.0. The van der Waals surface area contributed by atoms with Gasteiger partial charge in [-0.1, -0.05) is 20.8 Å². The Bertz CT molecular complexity index is 1280. The van der Waals surface area contributed by atoms with Crippen molar-refractivity contribution in [2.75, 3.05) is 13.1 Å². The van der Waals surface area contributed by atoms with Gasteiger partial charge in [-0.05, 0) is 43.7 Å². The highest BCUT2D eigenvalue weighted by Gasteiger charge is 2.28. The third-order valence-electron chi connectivity index (χ3n) is 6.73. The number of carbonyl (C=O) groups is 2. The molecule has 1 saturated heterocycles. The summed E-state index contributed by atoms with van der Waals surface area (Å²) >= 11 is 0. The van der Waals surface area contributed by atoms with Gasteiger partial charge in [0.25, 0.3) is 0 Å². The molecule has 2 amide bonds. The minimum Gasteiger partial charge on any atom is -0.464 e. The van der Waals surface area contributed by atoms with Gasteiger partial charge in [-0.15, -0.1) is 0 Å². The average Bonchev–Trinajstić information content (AvgIpc) is 3.17. The summed E-state index contributed by atoms with van der Waals surface area (Å²) in [5, 5.41) is 1.81. The lowest BCUT2D eigenvalue weighted by Gasteiger charge is -2.30. The molecular weight excluding hydrogens is 408 g/mol. The normalized spacial score (nSPS) is 15.6. The van der Waals surface area contributed by atoms with Crippen molar-refractivity contribution in [1.82, 2.24) is 4.90 Å². The van der Waals surface area contributed by atoms with Gasteiger partial charge in [-0.3, -0.25) is 9.59 Å². The zero-order chi connectivity index (χ0) is 23.4. The minimum atomic E-state index is -0.500. The molecule has 0 unspecified atom stereocenters. The molecule has 170 valence electrons. The number of aryl methyl sites for hydroxylation is 2. The van der Waals surface area contributed by atoms with E-state index in [-0.39, 0.29) is 29.6 Å². The average molecular weight is 439 g/mol. The molecule has 0 radical (unpaired) electrons. The van der Waals surface area contributed by atoms with Crippen LogP contribution in [0, 0.1) is 19.8 Å². The molecule has 4 rings (SSSR count). The number of primary amides is 1. The summed E-state index contributed by atoms with van der Waals surface area (Å²) in [7, 11) is 0. The van der Waals surface area contributed by atoms with Crippen molar-refractivity contribution in [3.05, 3.63) is 45.0 Å². The molecule has 0 spiro atoms. The summed E-state index contributed by atoms with van der Waals surface area (Å²) in [6, 6.07) is 2.01. The molecule has 2 aromatic heterocycles. The maximum Gasteiger partial charge on any atom is 0.340 e. The van der Waals surface area contributed by atoms with Crippen LogP contribution in [0.25, 0.3) is 21.9 Å². The molecule has 32 heavy (non-hydrogen) atoms. The smallest absolute Gasteiger partial charge is 0.340 e. The molecule has 0 bridgehead atoms. The Labute approximate surface area is 186 Å². The first-order chi connectivity index (χ1) is 15.0. The Morgan fingerprint density at radius 1 is 1.09 bits per heavy atom. The summed E-state index contributed by atoms with van der Waals surface area (Å²) in [4.78, 5) is 38.8. The lowest BCUT2D eigenvalue weighted by Crippen LogP contribution is -2.42. The maximum atomic E-state index is 12.9. The first kappa shape index (κ1) is 22.1. The number of hydrogen-bond acceptors (Lipinski definition) is 5. The van der Waals surface area contributed by atoms with Crippen LogP contribution in [-0.4, -0.2) is 29.8 Å². The third-order valence-corrected chi connectivity index (χ3v) is 6.73. The van der Waals surface area contributed by atoms with Crippen LogP contribution >= 0.6 is 0 Å². The fourth-order valence-corrected chi connectivity index (χ4v) is 4.66. The van der Waals surface area contributed by atoms with Gasteiger partial charge in [0.2, 0.25) is 11.8 Å². The number of rotatable bonds is 3. The van der Waals surface area contributed by atoms with Gasteiger partial charge in [-0.25, -0.2) is 4.79 Å². The number of carbonyl (C=O) groups excluding carboxylic acids is 2. The molecule has 7 heteroatoms. The van der Waals surface area contributed by atoms with E-state index in [1.54, 1.807) is 11.2 Å². The second-order valence-electron chi connectivity index (χ2n) is 9.88. The summed E-state index contributed by atoms with van der Waals surface area (Å²) in [6.07, 6.45) is 2.85. The fourth-order valence-electron chi connectivity index (χ4n) is 4.66. The largest absolute Gasteiger partial charge is 0.464 e. The van der Waals surface area contributed by atoms with E-state index in [0.717, 1.165) is 27.5 Å². The van der Waals surface area contributed by atoms with E-state index in [1.807, 2.05) is 19.9 Å². The van der Waals surface area contributed by atoms with Gasteiger partial charge in [0.1, 0.15) is 11.2 Å². The van der Waals surface area contributed by atoms with Crippen molar-refractivity contribution in [2.24, 2.45) is 11.7 Å². The van der Waals surface area contributed by atoms with Crippen LogP contribution in [0.5, 0.6) is 0 Å². The molecule has 1 fully saturated rings. The number of nitrogens with zero attached hydrogens (tertiary/aromatic N) is 1. The first-order valence-corrected chi connectivity index (χ1v) is 11.0. The lowest BCUT2D eigenvalue weighted by atomic mass is 9.86. The van der Waals surface area contributed by atoms with Crippen LogP contribution < -0.4 is 11.4 Å². The summed E-state index contributed by atoms with van der Waals surface area (Å²) in [6.45, 7) is 11.1.